The van der Waals surface area contributed by atoms with Crippen LogP contribution in [0.25, 0.3) is 0 Å². The molecule has 0 spiro atoms. The molecule has 0 saturated heterocycles. The maximum atomic E-state index is 12.9. The summed E-state index contributed by atoms with van der Waals surface area (Å²) in [4.78, 5) is 4.21. The first kappa shape index (κ1) is 10.7. The van der Waals surface area contributed by atoms with Crippen molar-refractivity contribution in [1.29, 1.82) is 0 Å². The molecule has 4 heteroatoms. The number of aryl methyl sites for hydroxylation is 1. The molecule has 0 fully saturated rings. The first-order valence-electron chi connectivity index (χ1n) is 5.10. The molecule has 1 heterocycles. The zero-order chi connectivity index (χ0) is 11.7. The molecule has 1 aromatic heterocycles. The Morgan fingerprint density at radius 1 is 1.38 bits per heavy atom. The van der Waals surface area contributed by atoms with Crippen molar-refractivity contribution in [2.75, 3.05) is 5.73 Å². The monoisotopic (exact) mass is 219 g/mol. The predicted molar refractivity (Wildman–Crippen MR) is 61.6 cm³/mol. The van der Waals surface area contributed by atoms with Crippen LogP contribution in [0.5, 0.6) is 0 Å². The van der Waals surface area contributed by atoms with Gasteiger partial charge in [-0.1, -0.05) is 6.07 Å². The van der Waals surface area contributed by atoms with Gasteiger partial charge in [0.05, 0.1) is 18.6 Å². The van der Waals surface area contributed by atoms with Crippen molar-refractivity contribution in [2.24, 2.45) is 0 Å². The summed E-state index contributed by atoms with van der Waals surface area (Å²) in [5.74, 6) is -0.306. The number of halogens is 1. The fourth-order valence-electron chi connectivity index (χ4n) is 1.60. The van der Waals surface area contributed by atoms with E-state index in [-0.39, 0.29) is 5.82 Å². The minimum Gasteiger partial charge on any atom is -0.398 e. The van der Waals surface area contributed by atoms with E-state index in [9.17, 15) is 4.39 Å². The van der Waals surface area contributed by atoms with Crippen molar-refractivity contribution < 1.29 is 4.39 Å². The Morgan fingerprint density at radius 3 is 2.69 bits per heavy atom. The number of rotatable bonds is 2. The lowest BCUT2D eigenvalue weighted by Crippen LogP contribution is -2.04. The van der Waals surface area contributed by atoms with E-state index >= 15 is 0 Å². The third-order valence-electron chi connectivity index (χ3n) is 2.79. The molecule has 0 aliphatic rings. The smallest absolute Gasteiger partial charge is 0.125 e. The van der Waals surface area contributed by atoms with Gasteiger partial charge in [0.1, 0.15) is 5.82 Å². The maximum absolute atomic E-state index is 12.9. The van der Waals surface area contributed by atoms with Crippen LogP contribution < -0.4 is 5.73 Å². The molecule has 0 aliphatic carbocycles. The van der Waals surface area contributed by atoms with E-state index in [4.69, 9.17) is 5.73 Å². The molecule has 16 heavy (non-hydrogen) atoms. The molecule has 0 radical (unpaired) electrons. The van der Waals surface area contributed by atoms with Gasteiger partial charge in [-0.15, -0.1) is 0 Å². The first-order valence-corrected chi connectivity index (χ1v) is 5.10. The second-order valence-electron chi connectivity index (χ2n) is 3.89. The Labute approximate surface area is 93.7 Å². The molecule has 0 aliphatic heterocycles. The van der Waals surface area contributed by atoms with E-state index in [2.05, 4.69) is 4.98 Å². The number of benzene rings is 1. The van der Waals surface area contributed by atoms with Gasteiger partial charge in [-0.3, -0.25) is 0 Å². The topological polar surface area (TPSA) is 43.8 Å². The van der Waals surface area contributed by atoms with Crippen molar-refractivity contribution in [1.82, 2.24) is 9.55 Å². The van der Waals surface area contributed by atoms with E-state index in [1.807, 2.05) is 18.4 Å². The molecule has 2 rings (SSSR count). The van der Waals surface area contributed by atoms with E-state index in [0.29, 0.717) is 12.2 Å². The van der Waals surface area contributed by atoms with Crippen LogP contribution in [0, 0.1) is 19.7 Å². The van der Waals surface area contributed by atoms with Gasteiger partial charge < -0.3 is 10.3 Å². The normalized spacial score (nSPS) is 10.7. The van der Waals surface area contributed by atoms with Gasteiger partial charge >= 0.3 is 0 Å². The lowest BCUT2D eigenvalue weighted by atomic mass is 10.1. The number of imidazole rings is 1. The van der Waals surface area contributed by atoms with Crippen molar-refractivity contribution in [3.8, 4) is 0 Å². The molecule has 1 aromatic carbocycles. The van der Waals surface area contributed by atoms with Crippen LogP contribution in [0.4, 0.5) is 10.1 Å². The van der Waals surface area contributed by atoms with Crippen LogP contribution in [0.2, 0.25) is 0 Å². The minimum atomic E-state index is -0.306. The van der Waals surface area contributed by atoms with Gasteiger partial charge in [0.25, 0.3) is 0 Å². The highest BCUT2D eigenvalue weighted by atomic mass is 19.1. The number of nitrogens with two attached hydrogens (primary N) is 1. The summed E-state index contributed by atoms with van der Waals surface area (Å²) >= 11 is 0. The predicted octanol–water partition coefficient (Wildman–Crippen LogP) is 2.27. The molecular formula is C12H14FN3. The molecule has 0 bridgehead atoms. The van der Waals surface area contributed by atoms with Crippen LogP contribution in [0.15, 0.2) is 24.5 Å². The Kier molecular flexibility index (Phi) is 2.64. The fourth-order valence-corrected chi connectivity index (χ4v) is 1.60. The summed E-state index contributed by atoms with van der Waals surface area (Å²) in [5, 5.41) is 0. The second-order valence-corrected chi connectivity index (χ2v) is 3.89. The summed E-state index contributed by atoms with van der Waals surface area (Å²) in [5.41, 5.74) is 9.24. The highest BCUT2D eigenvalue weighted by Crippen LogP contribution is 2.16. The van der Waals surface area contributed by atoms with Crippen LogP contribution in [0.1, 0.15) is 17.0 Å². The molecule has 0 saturated carbocycles. The van der Waals surface area contributed by atoms with Gasteiger partial charge in [0, 0.05) is 11.4 Å². The van der Waals surface area contributed by atoms with E-state index in [1.54, 1.807) is 12.4 Å². The SMILES string of the molecule is Cc1ncn(Cc2ccc(F)cc2N)c1C. The zero-order valence-corrected chi connectivity index (χ0v) is 9.37. The summed E-state index contributed by atoms with van der Waals surface area (Å²) in [6.07, 6.45) is 1.77. The molecule has 0 amide bonds. The fraction of sp³-hybridized carbons (Fsp3) is 0.250. The summed E-state index contributed by atoms with van der Waals surface area (Å²) in [6.45, 7) is 4.58. The summed E-state index contributed by atoms with van der Waals surface area (Å²) in [6, 6.07) is 4.47. The van der Waals surface area contributed by atoms with E-state index < -0.39 is 0 Å². The Morgan fingerprint density at radius 2 is 2.12 bits per heavy atom. The quantitative estimate of drug-likeness (QED) is 0.787. The first-order chi connectivity index (χ1) is 7.58. The Balaban J connectivity index is 2.30. The molecule has 3 nitrogen and oxygen atoms in total. The standard InChI is InChI=1S/C12H14FN3/c1-8-9(2)16(7-15-8)6-10-3-4-11(13)5-12(10)14/h3-5,7H,6,14H2,1-2H3. The summed E-state index contributed by atoms with van der Waals surface area (Å²) < 4.78 is 14.9. The zero-order valence-electron chi connectivity index (χ0n) is 9.37. The summed E-state index contributed by atoms with van der Waals surface area (Å²) in [7, 11) is 0. The lowest BCUT2D eigenvalue weighted by molar-refractivity contribution is 0.627. The van der Waals surface area contributed by atoms with Crippen LogP contribution in [-0.4, -0.2) is 9.55 Å². The van der Waals surface area contributed by atoms with Gasteiger partial charge in [0.2, 0.25) is 0 Å². The van der Waals surface area contributed by atoms with Crippen molar-refractivity contribution in [3.63, 3.8) is 0 Å². The largest absolute Gasteiger partial charge is 0.398 e. The van der Waals surface area contributed by atoms with Gasteiger partial charge in [-0.25, -0.2) is 9.37 Å². The van der Waals surface area contributed by atoms with Gasteiger partial charge in [-0.05, 0) is 31.5 Å². The van der Waals surface area contributed by atoms with E-state index in [1.165, 1.54) is 12.1 Å². The third-order valence-corrected chi connectivity index (χ3v) is 2.79. The average molecular weight is 219 g/mol. The molecule has 2 aromatic rings. The average Bonchev–Trinajstić information content (AvgIpc) is 2.54. The highest BCUT2D eigenvalue weighted by Gasteiger charge is 2.05. The van der Waals surface area contributed by atoms with E-state index in [0.717, 1.165) is 17.0 Å². The van der Waals surface area contributed by atoms with Crippen molar-refractivity contribution in [2.45, 2.75) is 20.4 Å². The van der Waals surface area contributed by atoms with Crippen LogP contribution >= 0.6 is 0 Å². The Bertz CT molecular complexity index is 517. The van der Waals surface area contributed by atoms with Gasteiger partial charge in [-0.2, -0.15) is 0 Å². The van der Waals surface area contributed by atoms with Crippen molar-refractivity contribution in [3.05, 3.63) is 47.3 Å². The molecule has 2 N–H and O–H groups in total. The number of hydrogen-bond donors (Lipinski definition) is 1. The van der Waals surface area contributed by atoms with Gasteiger partial charge in [0.15, 0.2) is 0 Å². The molecular weight excluding hydrogens is 205 g/mol. The maximum Gasteiger partial charge on any atom is 0.125 e. The number of anilines is 1. The Hall–Kier alpha value is -1.84. The van der Waals surface area contributed by atoms with Crippen molar-refractivity contribution >= 4 is 5.69 Å². The minimum absolute atomic E-state index is 0.306. The van der Waals surface area contributed by atoms with Crippen LogP contribution in [-0.2, 0) is 6.54 Å². The lowest BCUT2D eigenvalue weighted by Gasteiger charge is -2.08. The molecule has 0 unspecified atom stereocenters. The third kappa shape index (κ3) is 1.91. The second kappa shape index (κ2) is 3.96. The number of nitrogens with zero attached hydrogens (tertiary/aromatic N) is 2. The number of aromatic nitrogens is 2. The molecule has 84 valence electrons. The number of nitrogen functional groups attached to an aromatic ring is 1. The highest BCUT2D eigenvalue weighted by molar-refractivity contribution is 5.47. The van der Waals surface area contributed by atoms with Crippen LogP contribution in [0.3, 0.4) is 0 Å². The number of hydrogen-bond acceptors (Lipinski definition) is 2. The molecule has 0 atom stereocenters.